The summed E-state index contributed by atoms with van der Waals surface area (Å²) in [6.07, 6.45) is 0. The van der Waals surface area contributed by atoms with Crippen molar-refractivity contribution in [3.63, 3.8) is 0 Å². The lowest BCUT2D eigenvalue weighted by Crippen LogP contribution is -2.18. The lowest BCUT2D eigenvalue weighted by Gasteiger charge is -1.93. The van der Waals surface area contributed by atoms with Crippen molar-refractivity contribution in [2.45, 2.75) is 13.0 Å². The van der Waals surface area contributed by atoms with E-state index in [0.29, 0.717) is 6.04 Å². The second-order valence-electron chi connectivity index (χ2n) is 1.74. The molecule has 0 radical (unpaired) electrons. The highest BCUT2D eigenvalue weighted by Gasteiger charge is 2.04. The zero-order valence-corrected chi connectivity index (χ0v) is 3.99. The van der Waals surface area contributed by atoms with Gasteiger partial charge in [0.1, 0.15) is 0 Å². The van der Waals surface area contributed by atoms with Crippen molar-refractivity contribution in [3.05, 3.63) is 0 Å². The Morgan fingerprint density at radius 2 is 2.50 bits per heavy atom. The predicted octanol–water partition coefficient (Wildman–Crippen LogP) is -0.475. The highest BCUT2D eigenvalue weighted by molar-refractivity contribution is 4.68. The molecule has 1 atom stereocenters. The Kier molecular flexibility index (Phi) is 1.08. The van der Waals surface area contributed by atoms with E-state index >= 15 is 0 Å². The first-order valence-corrected chi connectivity index (χ1v) is 2.33. The van der Waals surface area contributed by atoms with Gasteiger partial charge in [-0.05, 0) is 6.92 Å². The maximum atomic E-state index is 3.21. The van der Waals surface area contributed by atoms with E-state index in [1.54, 1.807) is 0 Å². The minimum atomic E-state index is 0.685. The van der Waals surface area contributed by atoms with E-state index in [4.69, 9.17) is 0 Å². The van der Waals surface area contributed by atoms with Crippen LogP contribution in [0.2, 0.25) is 0 Å². The molecule has 2 heteroatoms. The molecule has 0 aliphatic carbocycles. The Balaban J connectivity index is 2.18. The average Bonchev–Trinajstić information content (AvgIpc) is 1.86. The standard InChI is InChI=1S/C4H10N2/c1-4-2-5-3-6-4/h4-6H,2-3H2,1H3. The van der Waals surface area contributed by atoms with Crippen molar-refractivity contribution in [1.82, 2.24) is 10.6 Å². The molecule has 1 aliphatic rings. The van der Waals surface area contributed by atoms with Crippen molar-refractivity contribution in [2.75, 3.05) is 13.2 Å². The smallest absolute Gasteiger partial charge is 0.0457 e. The van der Waals surface area contributed by atoms with Gasteiger partial charge in [0.15, 0.2) is 0 Å². The number of hydrogen-bond donors (Lipinski definition) is 2. The van der Waals surface area contributed by atoms with E-state index < -0.39 is 0 Å². The van der Waals surface area contributed by atoms with E-state index in [1.165, 1.54) is 0 Å². The summed E-state index contributed by atoms with van der Waals surface area (Å²) < 4.78 is 0. The molecule has 1 rings (SSSR count). The molecule has 1 fully saturated rings. The molecule has 2 nitrogen and oxygen atoms in total. The first kappa shape index (κ1) is 4.09. The monoisotopic (exact) mass is 86.1 g/mol. The summed E-state index contributed by atoms with van der Waals surface area (Å²) in [6, 6.07) is 0.685. The third-order valence-corrected chi connectivity index (χ3v) is 1.03. The van der Waals surface area contributed by atoms with Crippen molar-refractivity contribution in [2.24, 2.45) is 0 Å². The zero-order valence-electron chi connectivity index (χ0n) is 3.99. The minimum absolute atomic E-state index is 0.685. The van der Waals surface area contributed by atoms with Gasteiger partial charge in [-0.15, -0.1) is 0 Å². The molecule has 0 bridgehead atoms. The third kappa shape index (κ3) is 0.698. The molecule has 0 aromatic rings. The van der Waals surface area contributed by atoms with Gasteiger partial charge in [-0.2, -0.15) is 0 Å². The average molecular weight is 86.1 g/mol. The SMILES string of the molecule is CC1CNCN1. The Hall–Kier alpha value is -0.0800. The van der Waals surface area contributed by atoms with E-state index in [9.17, 15) is 0 Å². The van der Waals surface area contributed by atoms with Gasteiger partial charge in [0.05, 0.1) is 0 Å². The Morgan fingerprint density at radius 3 is 2.67 bits per heavy atom. The van der Waals surface area contributed by atoms with Crippen LogP contribution < -0.4 is 10.6 Å². The molecule has 0 spiro atoms. The van der Waals surface area contributed by atoms with Crippen LogP contribution in [0.1, 0.15) is 6.92 Å². The van der Waals surface area contributed by atoms with Crippen LogP contribution in [0.5, 0.6) is 0 Å². The van der Waals surface area contributed by atoms with Gasteiger partial charge in [0.25, 0.3) is 0 Å². The number of nitrogens with one attached hydrogen (secondary N) is 2. The second-order valence-corrected chi connectivity index (χ2v) is 1.74. The molecule has 0 aromatic carbocycles. The molecule has 1 heterocycles. The van der Waals surface area contributed by atoms with Gasteiger partial charge in [-0.1, -0.05) is 0 Å². The highest BCUT2D eigenvalue weighted by Crippen LogP contribution is 1.80. The molecule has 0 amide bonds. The van der Waals surface area contributed by atoms with Gasteiger partial charge in [-0.3, -0.25) is 0 Å². The van der Waals surface area contributed by atoms with E-state index in [0.717, 1.165) is 13.2 Å². The van der Waals surface area contributed by atoms with Gasteiger partial charge in [0, 0.05) is 19.3 Å². The summed E-state index contributed by atoms with van der Waals surface area (Å²) in [7, 11) is 0. The Morgan fingerprint density at radius 1 is 1.67 bits per heavy atom. The molecule has 1 aliphatic heterocycles. The summed E-state index contributed by atoms with van der Waals surface area (Å²) >= 11 is 0. The van der Waals surface area contributed by atoms with Crippen LogP contribution in [0, 0.1) is 0 Å². The molecule has 6 heavy (non-hydrogen) atoms. The fourth-order valence-electron chi connectivity index (χ4n) is 0.607. The topological polar surface area (TPSA) is 24.1 Å². The van der Waals surface area contributed by atoms with E-state index in [1.807, 2.05) is 0 Å². The quantitative estimate of drug-likeness (QED) is 0.416. The second kappa shape index (κ2) is 1.58. The molecule has 1 saturated heterocycles. The van der Waals surface area contributed by atoms with Crippen molar-refractivity contribution in [3.8, 4) is 0 Å². The first-order valence-electron chi connectivity index (χ1n) is 2.33. The molecular formula is C4H10N2. The maximum Gasteiger partial charge on any atom is 0.0457 e. The van der Waals surface area contributed by atoms with Crippen LogP contribution >= 0.6 is 0 Å². The van der Waals surface area contributed by atoms with Crippen molar-refractivity contribution < 1.29 is 0 Å². The summed E-state index contributed by atoms with van der Waals surface area (Å²) in [4.78, 5) is 0. The van der Waals surface area contributed by atoms with Crippen LogP contribution in [-0.4, -0.2) is 19.3 Å². The van der Waals surface area contributed by atoms with E-state index in [2.05, 4.69) is 17.6 Å². The van der Waals surface area contributed by atoms with Crippen LogP contribution in [0.25, 0.3) is 0 Å². The predicted molar refractivity (Wildman–Crippen MR) is 25.5 cm³/mol. The fourth-order valence-corrected chi connectivity index (χ4v) is 0.607. The molecule has 0 saturated carbocycles. The largest absolute Gasteiger partial charge is 0.303 e. The Labute approximate surface area is 37.9 Å². The summed E-state index contributed by atoms with van der Waals surface area (Å²) in [5.74, 6) is 0. The van der Waals surface area contributed by atoms with Crippen molar-refractivity contribution >= 4 is 0 Å². The third-order valence-electron chi connectivity index (χ3n) is 1.03. The van der Waals surface area contributed by atoms with Gasteiger partial charge in [-0.25, -0.2) is 0 Å². The summed E-state index contributed by atoms with van der Waals surface area (Å²) in [5.41, 5.74) is 0. The number of hydrogen-bond acceptors (Lipinski definition) is 2. The molecule has 1 unspecified atom stereocenters. The minimum Gasteiger partial charge on any atom is -0.303 e. The van der Waals surface area contributed by atoms with Crippen LogP contribution in [0.4, 0.5) is 0 Å². The molecule has 2 N–H and O–H groups in total. The fraction of sp³-hybridized carbons (Fsp3) is 1.00. The first-order chi connectivity index (χ1) is 2.89. The van der Waals surface area contributed by atoms with Gasteiger partial charge < -0.3 is 10.6 Å². The molecular weight excluding hydrogens is 76.1 g/mol. The normalized spacial score (nSPS) is 34.5. The zero-order chi connectivity index (χ0) is 4.41. The van der Waals surface area contributed by atoms with Gasteiger partial charge >= 0.3 is 0 Å². The number of rotatable bonds is 0. The van der Waals surface area contributed by atoms with Gasteiger partial charge in [0.2, 0.25) is 0 Å². The molecule has 0 aromatic heterocycles. The van der Waals surface area contributed by atoms with Crippen LogP contribution in [0.15, 0.2) is 0 Å². The maximum absolute atomic E-state index is 3.21. The lowest BCUT2D eigenvalue weighted by molar-refractivity contribution is 0.692. The summed E-state index contributed by atoms with van der Waals surface area (Å²) in [5, 5.41) is 6.37. The lowest BCUT2D eigenvalue weighted by atomic mass is 10.4. The highest BCUT2D eigenvalue weighted by atomic mass is 15.2. The Bertz CT molecular complexity index is 38.8. The summed E-state index contributed by atoms with van der Waals surface area (Å²) in [6.45, 7) is 4.28. The van der Waals surface area contributed by atoms with Crippen LogP contribution in [-0.2, 0) is 0 Å². The van der Waals surface area contributed by atoms with Crippen molar-refractivity contribution in [1.29, 1.82) is 0 Å². The molecule has 36 valence electrons. The van der Waals surface area contributed by atoms with Crippen LogP contribution in [0.3, 0.4) is 0 Å². The van der Waals surface area contributed by atoms with E-state index in [-0.39, 0.29) is 0 Å².